The molecule has 0 aromatic heterocycles. The van der Waals surface area contributed by atoms with Crippen molar-refractivity contribution in [3.05, 3.63) is 78.4 Å². The van der Waals surface area contributed by atoms with Gasteiger partial charge in [-0.3, -0.25) is 4.79 Å². The number of nitrogens with zero attached hydrogens (tertiary/aromatic N) is 3. The first kappa shape index (κ1) is 25.4. The number of benzene rings is 3. The van der Waals surface area contributed by atoms with E-state index in [1.807, 2.05) is 0 Å². The van der Waals surface area contributed by atoms with Gasteiger partial charge in [0.25, 0.3) is 0 Å². The molecule has 0 radical (unpaired) electrons. The first-order valence-corrected chi connectivity index (χ1v) is 15.1. The van der Waals surface area contributed by atoms with Crippen LogP contribution in [0.3, 0.4) is 0 Å². The van der Waals surface area contributed by atoms with Crippen LogP contribution in [0.4, 0.5) is 5.69 Å². The minimum atomic E-state index is -0.432. The Labute approximate surface area is 228 Å². The molecule has 2 heterocycles. The molecule has 2 aliphatic heterocycles. The molecular formula is C34H43N3O. The van der Waals surface area contributed by atoms with E-state index in [2.05, 4.69) is 87.5 Å². The fraction of sp³-hybridized carbons (Fsp3) is 0.500. The van der Waals surface area contributed by atoms with Crippen LogP contribution in [0.5, 0.6) is 0 Å². The average Bonchev–Trinajstić information content (AvgIpc) is 3.23. The van der Waals surface area contributed by atoms with Gasteiger partial charge in [-0.15, -0.1) is 0 Å². The highest BCUT2D eigenvalue weighted by atomic mass is 16.2. The van der Waals surface area contributed by atoms with Crippen molar-refractivity contribution in [2.45, 2.75) is 88.8 Å². The lowest BCUT2D eigenvalue weighted by Crippen LogP contribution is -2.58. The monoisotopic (exact) mass is 509 g/mol. The first-order chi connectivity index (χ1) is 18.7. The average molecular weight is 510 g/mol. The second-order valence-electron chi connectivity index (χ2n) is 11.8. The molecule has 6 rings (SSSR count). The number of rotatable bonds is 4. The molecule has 2 saturated heterocycles. The molecular weight excluding hydrogens is 466 g/mol. The van der Waals surface area contributed by atoms with E-state index in [1.165, 1.54) is 79.8 Å². The van der Waals surface area contributed by atoms with E-state index >= 15 is 0 Å². The Bertz CT molecular complexity index is 1200. The smallest absolute Gasteiger partial charge is 0.250 e. The minimum absolute atomic E-state index is 0.319. The Balaban J connectivity index is 1.23. The SMILES string of the molecule is O=C1N(Cc2cccc3ccccc23)CN(c2ccccc2)C12CCN(C1CCCCCCCCC1)CC2. The predicted octanol–water partition coefficient (Wildman–Crippen LogP) is 7.37. The van der Waals surface area contributed by atoms with Crippen molar-refractivity contribution in [2.24, 2.45) is 0 Å². The summed E-state index contributed by atoms with van der Waals surface area (Å²) in [6.07, 6.45) is 14.2. The summed E-state index contributed by atoms with van der Waals surface area (Å²) in [7, 11) is 0. The van der Waals surface area contributed by atoms with Crippen molar-refractivity contribution >= 4 is 22.4 Å². The highest BCUT2D eigenvalue weighted by Gasteiger charge is 2.54. The first-order valence-electron chi connectivity index (χ1n) is 15.1. The molecule has 0 atom stereocenters. The fourth-order valence-corrected chi connectivity index (χ4v) is 7.37. The number of fused-ring (bicyclic) bond motifs is 1. The third-order valence-corrected chi connectivity index (χ3v) is 9.54. The normalized spacial score (nSPS) is 21.8. The van der Waals surface area contributed by atoms with Gasteiger partial charge in [-0.25, -0.2) is 0 Å². The molecule has 3 fully saturated rings. The quantitative estimate of drug-likeness (QED) is 0.367. The van der Waals surface area contributed by atoms with E-state index < -0.39 is 5.54 Å². The Hall–Kier alpha value is -2.85. The van der Waals surface area contributed by atoms with E-state index in [-0.39, 0.29) is 0 Å². The Morgan fingerprint density at radius 1 is 0.711 bits per heavy atom. The topological polar surface area (TPSA) is 26.8 Å². The zero-order chi connectivity index (χ0) is 25.8. The molecule has 0 unspecified atom stereocenters. The predicted molar refractivity (Wildman–Crippen MR) is 157 cm³/mol. The van der Waals surface area contributed by atoms with Crippen molar-refractivity contribution in [3.63, 3.8) is 0 Å². The molecule has 0 bridgehead atoms. The summed E-state index contributed by atoms with van der Waals surface area (Å²) in [6, 6.07) is 26.4. The number of carbonyl (C=O) groups is 1. The van der Waals surface area contributed by atoms with E-state index in [9.17, 15) is 4.79 Å². The zero-order valence-electron chi connectivity index (χ0n) is 22.9. The lowest BCUT2D eigenvalue weighted by molar-refractivity contribution is -0.134. The van der Waals surface area contributed by atoms with Gasteiger partial charge in [-0.05, 0) is 54.2 Å². The van der Waals surface area contributed by atoms with E-state index in [0.29, 0.717) is 25.2 Å². The third-order valence-electron chi connectivity index (χ3n) is 9.54. The summed E-state index contributed by atoms with van der Waals surface area (Å²) in [5, 5.41) is 2.49. The van der Waals surface area contributed by atoms with Gasteiger partial charge in [0.1, 0.15) is 5.54 Å². The highest BCUT2D eigenvalue weighted by Crippen LogP contribution is 2.41. The van der Waals surface area contributed by atoms with Gasteiger partial charge in [0.15, 0.2) is 0 Å². The maximum Gasteiger partial charge on any atom is 0.250 e. The van der Waals surface area contributed by atoms with E-state index in [1.54, 1.807) is 0 Å². The van der Waals surface area contributed by atoms with Gasteiger partial charge >= 0.3 is 0 Å². The maximum absolute atomic E-state index is 14.3. The van der Waals surface area contributed by atoms with Crippen LogP contribution in [-0.2, 0) is 11.3 Å². The summed E-state index contributed by atoms with van der Waals surface area (Å²) in [5.74, 6) is 0.319. The number of anilines is 1. The Morgan fingerprint density at radius 3 is 2.08 bits per heavy atom. The molecule has 3 aromatic rings. The number of hydrogen-bond donors (Lipinski definition) is 0. The highest BCUT2D eigenvalue weighted by molar-refractivity contribution is 5.94. The lowest BCUT2D eigenvalue weighted by atomic mass is 9.84. The molecule has 1 amide bonds. The molecule has 0 N–H and O–H groups in total. The lowest BCUT2D eigenvalue weighted by Gasteiger charge is -2.45. The maximum atomic E-state index is 14.3. The number of amides is 1. The van der Waals surface area contributed by atoms with Crippen LogP contribution in [0.25, 0.3) is 10.8 Å². The van der Waals surface area contributed by atoms with Gasteiger partial charge in [-0.1, -0.05) is 106 Å². The number of piperidine rings is 1. The third kappa shape index (κ3) is 5.08. The van der Waals surface area contributed by atoms with Crippen LogP contribution in [0.15, 0.2) is 72.8 Å². The van der Waals surface area contributed by atoms with Crippen molar-refractivity contribution in [1.82, 2.24) is 9.80 Å². The summed E-state index contributed by atoms with van der Waals surface area (Å²) in [4.78, 5) is 21.6. The second-order valence-corrected chi connectivity index (χ2v) is 11.8. The summed E-state index contributed by atoms with van der Waals surface area (Å²) >= 11 is 0. The minimum Gasteiger partial charge on any atom is -0.339 e. The molecule has 3 aliphatic rings. The molecule has 4 heteroatoms. The van der Waals surface area contributed by atoms with Crippen molar-refractivity contribution in [3.8, 4) is 0 Å². The number of likely N-dealkylation sites (tertiary alicyclic amines) is 1. The molecule has 1 spiro atoms. The Kier molecular flexibility index (Phi) is 7.69. The summed E-state index contributed by atoms with van der Waals surface area (Å²) in [6.45, 7) is 3.39. The van der Waals surface area contributed by atoms with Crippen molar-refractivity contribution in [1.29, 1.82) is 0 Å². The van der Waals surface area contributed by atoms with Crippen LogP contribution in [-0.4, -0.2) is 47.0 Å². The van der Waals surface area contributed by atoms with Crippen LogP contribution in [0, 0.1) is 0 Å². The van der Waals surface area contributed by atoms with Crippen molar-refractivity contribution in [2.75, 3.05) is 24.7 Å². The zero-order valence-corrected chi connectivity index (χ0v) is 22.9. The number of para-hydroxylation sites is 1. The second kappa shape index (κ2) is 11.5. The number of hydrogen-bond acceptors (Lipinski definition) is 3. The Morgan fingerprint density at radius 2 is 1.34 bits per heavy atom. The molecule has 1 saturated carbocycles. The molecule has 200 valence electrons. The van der Waals surface area contributed by atoms with Crippen molar-refractivity contribution < 1.29 is 4.79 Å². The van der Waals surface area contributed by atoms with Gasteiger partial charge < -0.3 is 14.7 Å². The van der Waals surface area contributed by atoms with E-state index in [4.69, 9.17) is 0 Å². The van der Waals surface area contributed by atoms with Crippen LogP contribution >= 0.6 is 0 Å². The summed E-state index contributed by atoms with van der Waals surface area (Å²) < 4.78 is 0. The largest absolute Gasteiger partial charge is 0.339 e. The number of carbonyl (C=O) groups excluding carboxylic acids is 1. The van der Waals surface area contributed by atoms with Crippen LogP contribution < -0.4 is 4.90 Å². The van der Waals surface area contributed by atoms with Gasteiger partial charge in [0.2, 0.25) is 5.91 Å². The van der Waals surface area contributed by atoms with E-state index in [0.717, 1.165) is 25.9 Å². The van der Waals surface area contributed by atoms with Gasteiger partial charge in [0.05, 0.1) is 6.67 Å². The van der Waals surface area contributed by atoms with Gasteiger partial charge in [-0.2, -0.15) is 0 Å². The standard InChI is InChI=1S/C34H43N3O/c38-33-34(22-24-35(25-23-34)30-17-7-4-2-1-3-5-8-18-30)37(31-19-9-6-10-20-31)27-36(33)26-29-16-13-15-28-14-11-12-21-32(28)29/h6,9-16,19-21,30H,1-5,7-8,17-18,22-27H2. The van der Waals surface area contributed by atoms with Gasteiger partial charge in [0, 0.05) is 31.4 Å². The fourth-order valence-electron chi connectivity index (χ4n) is 7.37. The van der Waals surface area contributed by atoms with Crippen LogP contribution in [0.2, 0.25) is 0 Å². The molecule has 1 aliphatic carbocycles. The molecule has 38 heavy (non-hydrogen) atoms. The summed E-state index contributed by atoms with van der Waals surface area (Å²) in [5.41, 5.74) is 1.98. The van der Waals surface area contributed by atoms with Crippen LogP contribution in [0.1, 0.15) is 76.2 Å². The molecule has 3 aromatic carbocycles. The molecule has 4 nitrogen and oxygen atoms in total.